The summed E-state index contributed by atoms with van der Waals surface area (Å²) in [5.74, 6) is 0.286. The highest BCUT2D eigenvalue weighted by atomic mass is 32.2. The van der Waals surface area contributed by atoms with Crippen molar-refractivity contribution in [1.82, 2.24) is 9.88 Å². The van der Waals surface area contributed by atoms with Crippen LogP contribution >= 0.6 is 11.8 Å². The Kier molecular flexibility index (Phi) is 3.09. The molecular formula is C10H10N2O3S. The quantitative estimate of drug-likeness (QED) is 0.809. The standard InChI is InChI=1S/C10H10N2O3S/c13-8-5-9(12(8)10(14)15)16-6-7-3-1-2-4-11-7/h1-4,9H,5-6H2,(H,14,15)/t9-/m0/s1. The average molecular weight is 238 g/mol. The Bertz CT molecular complexity index is 402. The van der Waals surface area contributed by atoms with Crippen molar-refractivity contribution in [2.45, 2.75) is 17.5 Å². The van der Waals surface area contributed by atoms with E-state index >= 15 is 0 Å². The number of rotatable bonds is 3. The van der Waals surface area contributed by atoms with Crippen molar-refractivity contribution < 1.29 is 14.7 Å². The summed E-state index contributed by atoms with van der Waals surface area (Å²) in [5.41, 5.74) is 0.886. The van der Waals surface area contributed by atoms with Gasteiger partial charge in [-0.05, 0) is 12.1 Å². The molecule has 1 saturated heterocycles. The number of nitrogens with zero attached hydrogens (tertiary/aromatic N) is 2. The molecule has 0 saturated carbocycles. The molecule has 2 heterocycles. The van der Waals surface area contributed by atoms with Crippen molar-refractivity contribution in [3.63, 3.8) is 0 Å². The highest BCUT2D eigenvalue weighted by molar-refractivity contribution is 7.99. The van der Waals surface area contributed by atoms with E-state index in [4.69, 9.17) is 5.11 Å². The molecule has 0 aromatic carbocycles. The molecule has 0 radical (unpaired) electrons. The van der Waals surface area contributed by atoms with Crippen LogP contribution in [0.2, 0.25) is 0 Å². The van der Waals surface area contributed by atoms with Gasteiger partial charge in [0.25, 0.3) is 0 Å². The topological polar surface area (TPSA) is 70.5 Å². The molecule has 84 valence electrons. The second kappa shape index (κ2) is 4.52. The maximum absolute atomic E-state index is 11.0. The predicted octanol–water partition coefficient (Wildman–Crippen LogP) is 1.55. The van der Waals surface area contributed by atoms with Crippen molar-refractivity contribution in [3.8, 4) is 0 Å². The number of likely N-dealkylation sites (tertiary alicyclic amines) is 1. The van der Waals surface area contributed by atoms with Crippen LogP contribution < -0.4 is 0 Å². The first-order chi connectivity index (χ1) is 7.68. The van der Waals surface area contributed by atoms with E-state index in [2.05, 4.69) is 4.98 Å². The minimum atomic E-state index is -1.17. The fourth-order valence-corrected chi connectivity index (χ4v) is 2.57. The van der Waals surface area contributed by atoms with Gasteiger partial charge in [0, 0.05) is 11.9 Å². The Morgan fingerprint density at radius 1 is 1.62 bits per heavy atom. The molecule has 1 aliphatic heterocycles. The summed E-state index contributed by atoms with van der Waals surface area (Å²) in [7, 11) is 0. The number of pyridine rings is 1. The number of amides is 2. The molecule has 5 nitrogen and oxygen atoms in total. The minimum Gasteiger partial charge on any atom is -0.465 e. The number of carbonyl (C=O) groups is 2. The van der Waals surface area contributed by atoms with E-state index in [1.807, 2.05) is 18.2 Å². The number of imide groups is 1. The Hall–Kier alpha value is -1.56. The molecule has 16 heavy (non-hydrogen) atoms. The van der Waals surface area contributed by atoms with E-state index in [1.165, 1.54) is 11.8 Å². The van der Waals surface area contributed by atoms with Crippen LogP contribution in [0.3, 0.4) is 0 Å². The van der Waals surface area contributed by atoms with Crippen LogP contribution in [0.1, 0.15) is 12.1 Å². The molecule has 6 heteroatoms. The van der Waals surface area contributed by atoms with Crippen molar-refractivity contribution in [2.24, 2.45) is 0 Å². The van der Waals surface area contributed by atoms with Gasteiger partial charge < -0.3 is 5.11 Å². The SMILES string of the molecule is O=C(O)N1C(=O)C[C@@H]1SCc1ccccn1. The van der Waals surface area contributed by atoms with Gasteiger partial charge in [0.05, 0.1) is 17.5 Å². The van der Waals surface area contributed by atoms with Gasteiger partial charge >= 0.3 is 6.09 Å². The summed E-state index contributed by atoms with van der Waals surface area (Å²) in [6.07, 6.45) is 0.815. The molecule has 1 atom stereocenters. The zero-order valence-corrected chi connectivity index (χ0v) is 9.18. The number of carbonyl (C=O) groups excluding carboxylic acids is 1. The van der Waals surface area contributed by atoms with E-state index in [-0.39, 0.29) is 11.3 Å². The third-order valence-electron chi connectivity index (χ3n) is 2.26. The third kappa shape index (κ3) is 2.16. The lowest BCUT2D eigenvalue weighted by Crippen LogP contribution is -2.53. The van der Waals surface area contributed by atoms with Crippen LogP contribution in [0.4, 0.5) is 4.79 Å². The second-order valence-electron chi connectivity index (χ2n) is 3.34. The van der Waals surface area contributed by atoms with Gasteiger partial charge in [-0.15, -0.1) is 11.8 Å². The van der Waals surface area contributed by atoms with Crippen molar-refractivity contribution >= 4 is 23.8 Å². The lowest BCUT2D eigenvalue weighted by molar-refractivity contribution is -0.138. The molecule has 1 aromatic rings. The number of aromatic nitrogens is 1. The summed E-state index contributed by atoms with van der Waals surface area (Å²) >= 11 is 1.42. The average Bonchev–Trinajstić information content (AvgIpc) is 2.24. The smallest absolute Gasteiger partial charge is 0.415 e. The zero-order chi connectivity index (χ0) is 11.5. The molecule has 0 aliphatic carbocycles. The summed E-state index contributed by atoms with van der Waals surface area (Å²) < 4.78 is 0. The normalized spacial score (nSPS) is 19.4. The van der Waals surface area contributed by atoms with E-state index in [1.54, 1.807) is 6.20 Å². The predicted molar refractivity (Wildman–Crippen MR) is 58.8 cm³/mol. The van der Waals surface area contributed by atoms with Crippen molar-refractivity contribution in [3.05, 3.63) is 30.1 Å². The molecule has 1 aliphatic rings. The number of thioether (sulfide) groups is 1. The van der Waals surface area contributed by atoms with Gasteiger partial charge in [0.2, 0.25) is 5.91 Å². The molecule has 0 unspecified atom stereocenters. The van der Waals surface area contributed by atoms with Crippen LogP contribution in [0.5, 0.6) is 0 Å². The highest BCUT2D eigenvalue weighted by Gasteiger charge is 2.41. The van der Waals surface area contributed by atoms with Gasteiger partial charge in [0.1, 0.15) is 0 Å². The van der Waals surface area contributed by atoms with Crippen molar-refractivity contribution in [2.75, 3.05) is 0 Å². The van der Waals surface area contributed by atoms with Gasteiger partial charge in [-0.25, -0.2) is 9.69 Å². The van der Waals surface area contributed by atoms with Crippen LogP contribution in [0.15, 0.2) is 24.4 Å². The lowest BCUT2D eigenvalue weighted by atomic mass is 10.2. The summed E-state index contributed by atoms with van der Waals surface area (Å²) in [6, 6.07) is 5.58. The maximum Gasteiger partial charge on any atom is 0.415 e. The highest BCUT2D eigenvalue weighted by Crippen LogP contribution is 2.31. The van der Waals surface area contributed by atoms with Gasteiger partial charge in [0.15, 0.2) is 0 Å². The first kappa shape index (κ1) is 10.9. The fraction of sp³-hybridized carbons (Fsp3) is 0.300. The molecular weight excluding hydrogens is 228 g/mol. The molecule has 1 aromatic heterocycles. The third-order valence-corrected chi connectivity index (χ3v) is 3.49. The maximum atomic E-state index is 11.0. The minimum absolute atomic E-state index is 0.257. The number of β-lactam (4-membered cyclic amide) rings is 1. The molecule has 1 N–H and O–H groups in total. The first-order valence-electron chi connectivity index (χ1n) is 4.75. The van der Waals surface area contributed by atoms with E-state index in [9.17, 15) is 9.59 Å². The van der Waals surface area contributed by atoms with Crippen LogP contribution in [0, 0.1) is 0 Å². The van der Waals surface area contributed by atoms with Crippen LogP contribution in [-0.2, 0) is 10.5 Å². The Morgan fingerprint density at radius 2 is 2.44 bits per heavy atom. The first-order valence-corrected chi connectivity index (χ1v) is 5.80. The molecule has 1 fully saturated rings. The molecule has 0 spiro atoms. The number of hydrogen-bond donors (Lipinski definition) is 1. The largest absolute Gasteiger partial charge is 0.465 e. The van der Waals surface area contributed by atoms with E-state index in [0.29, 0.717) is 12.2 Å². The second-order valence-corrected chi connectivity index (χ2v) is 4.50. The molecule has 0 bridgehead atoms. The molecule has 2 amide bonds. The van der Waals surface area contributed by atoms with E-state index in [0.717, 1.165) is 10.6 Å². The Balaban J connectivity index is 1.88. The van der Waals surface area contributed by atoms with Gasteiger partial charge in [-0.3, -0.25) is 9.78 Å². The monoisotopic (exact) mass is 238 g/mol. The van der Waals surface area contributed by atoms with Gasteiger partial charge in [-0.2, -0.15) is 0 Å². The van der Waals surface area contributed by atoms with Gasteiger partial charge in [-0.1, -0.05) is 6.07 Å². The van der Waals surface area contributed by atoms with Crippen molar-refractivity contribution in [1.29, 1.82) is 0 Å². The zero-order valence-electron chi connectivity index (χ0n) is 8.37. The summed E-state index contributed by atoms with van der Waals surface area (Å²) in [4.78, 5) is 26.7. The number of hydrogen-bond acceptors (Lipinski definition) is 4. The van der Waals surface area contributed by atoms with Crippen LogP contribution in [0.25, 0.3) is 0 Å². The molecule has 2 rings (SSSR count). The van der Waals surface area contributed by atoms with Crippen LogP contribution in [-0.4, -0.2) is 32.4 Å². The lowest BCUT2D eigenvalue weighted by Gasteiger charge is -2.35. The van der Waals surface area contributed by atoms with E-state index < -0.39 is 6.09 Å². The Labute approximate surface area is 96.5 Å². The summed E-state index contributed by atoms with van der Waals surface area (Å²) in [6.45, 7) is 0. The number of carboxylic acid groups (broad SMARTS) is 1. The summed E-state index contributed by atoms with van der Waals surface area (Å²) in [5, 5.41) is 8.49. The fourth-order valence-electron chi connectivity index (χ4n) is 1.42. The Morgan fingerprint density at radius 3 is 3.00 bits per heavy atom.